The fourth-order valence-electron chi connectivity index (χ4n) is 2.11. The van der Waals surface area contributed by atoms with E-state index in [1.807, 2.05) is 6.07 Å². The molecule has 0 unspecified atom stereocenters. The van der Waals surface area contributed by atoms with Gasteiger partial charge in [0.1, 0.15) is 6.07 Å². The predicted octanol–water partition coefficient (Wildman–Crippen LogP) is 2.49. The highest BCUT2D eigenvalue weighted by molar-refractivity contribution is 5.89. The molecule has 1 aliphatic heterocycles. The van der Waals surface area contributed by atoms with Crippen molar-refractivity contribution in [2.24, 2.45) is 0 Å². The number of carboxylic acids is 1. The summed E-state index contributed by atoms with van der Waals surface area (Å²) in [6.07, 6.45) is -0.503. The number of alkyl halides is 2. The van der Waals surface area contributed by atoms with Crippen LogP contribution in [-0.4, -0.2) is 30.1 Å². The first-order valence-electron chi connectivity index (χ1n) is 5.83. The largest absolute Gasteiger partial charge is 0.478 e. The molecular formula is C13H12F2N2O2. The minimum Gasteiger partial charge on any atom is -0.478 e. The monoisotopic (exact) mass is 266 g/mol. The van der Waals surface area contributed by atoms with Gasteiger partial charge in [0.05, 0.1) is 16.8 Å². The van der Waals surface area contributed by atoms with Crippen LogP contribution in [0.5, 0.6) is 0 Å². The lowest BCUT2D eigenvalue weighted by Gasteiger charge is -2.33. The van der Waals surface area contributed by atoms with E-state index < -0.39 is 11.9 Å². The van der Waals surface area contributed by atoms with E-state index in [0.29, 0.717) is 5.69 Å². The summed E-state index contributed by atoms with van der Waals surface area (Å²) in [5.41, 5.74) is 0.732. The Balaban J connectivity index is 2.26. The van der Waals surface area contributed by atoms with Gasteiger partial charge in [-0.15, -0.1) is 0 Å². The quantitative estimate of drug-likeness (QED) is 0.893. The second kappa shape index (κ2) is 4.84. The van der Waals surface area contributed by atoms with Crippen LogP contribution in [0.15, 0.2) is 18.2 Å². The maximum Gasteiger partial charge on any atom is 0.335 e. The summed E-state index contributed by atoms with van der Waals surface area (Å²) in [5, 5.41) is 17.9. The van der Waals surface area contributed by atoms with E-state index >= 15 is 0 Å². The average molecular weight is 266 g/mol. The van der Waals surface area contributed by atoms with E-state index in [4.69, 9.17) is 10.4 Å². The summed E-state index contributed by atoms with van der Waals surface area (Å²) in [6.45, 7) is 0.322. The summed E-state index contributed by atoms with van der Waals surface area (Å²) in [4.78, 5) is 12.5. The zero-order valence-electron chi connectivity index (χ0n) is 10.1. The zero-order chi connectivity index (χ0) is 14.0. The highest BCUT2D eigenvalue weighted by atomic mass is 19.3. The van der Waals surface area contributed by atoms with Gasteiger partial charge < -0.3 is 10.0 Å². The molecule has 1 saturated heterocycles. The molecule has 0 atom stereocenters. The molecule has 19 heavy (non-hydrogen) atoms. The lowest BCUT2D eigenvalue weighted by atomic mass is 10.0. The van der Waals surface area contributed by atoms with Crippen molar-refractivity contribution in [2.45, 2.75) is 18.8 Å². The summed E-state index contributed by atoms with van der Waals surface area (Å²) in [5.74, 6) is -3.77. The number of anilines is 1. The van der Waals surface area contributed by atoms with Crippen LogP contribution >= 0.6 is 0 Å². The number of benzene rings is 1. The molecule has 100 valence electrons. The Hall–Kier alpha value is -2.16. The van der Waals surface area contributed by atoms with Gasteiger partial charge in [0.2, 0.25) is 0 Å². The van der Waals surface area contributed by atoms with Crippen molar-refractivity contribution in [3.05, 3.63) is 29.3 Å². The Bertz CT molecular complexity index is 542. The molecule has 0 saturated carbocycles. The van der Waals surface area contributed by atoms with E-state index in [0.717, 1.165) is 0 Å². The normalized spacial score (nSPS) is 17.8. The molecule has 4 nitrogen and oxygen atoms in total. The van der Waals surface area contributed by atoms with Crippen LogP contribution in [-0.2, 0) is 0 Å². The van der Waals surface area contributed by atoms with Gasteiger partial charge in [-0.3, -0.25) is 0 Å². The molecule has 1 aromatic rings. The summed E-state index contributed by atoms with van der Waals surface area (Å²) in [6, 6.07) is 6.07. The first kappa shape index (κ1) is 13.3. The van der Waals surface area contributed by atoms with Gasteiger partial charge >= 0.3 is 5.97 Å². The second-order valence-corrected chi connectivity index (χ2v) is 4.49. The molecule has 0 amide bonds. The summed E-state index contributed by atoms with van der Waals surface area (Å²) in [7, 11) is 0. The number of hydrogen-bond donors (Lipinski definition) is 1. The molecule has 0 spiro atoms. The minimum atomic E-state index is -2.65. The van der Waals surface area contributed by atoms with E-state index in [2.05, 4.69) is 0 Å². The van der Waals surface area contributed by atoms with E-state index in [1.165, 1.54) is 18.2 Å². The predicted molar refractivity (Wildman–Crippen MR) is 64.5 cm³/mol. The van der Waals surface area contributed by atoms with Crippen LogP contribution < -0.4 is 4.90 Å². The van der Waals surface area contributed by atoms with Crippen molar-refractivity contribution in [1.29, 1.82) is 5.26 Å². The number of halogens is 2. The van der Waals surface area contributed by atoms with E-state index in [-0.39, 0.29) is 37.1 Å². The lowest BCUT2D eigenvalue weighted by Crippen LogP contribution is -2.39. The standard InChI is InChI=1S/C13H12F2N2O2/c14-13(15)3-5-17(6-4-13)11-2-1-9(12(18)19)7-10(11)8-16/h1-2,7H,3-6H2,(H,18,19). The van der Waals surface area contributed by atoms with Gasteiger partial charge in [0, 0.05) is 25.9 Å². The number of piperidine rings is 1. The zero-order valence-corrected chi connectivity index (χ0v) is 10.1. The molecule has 1 fully saturated rings. The Morgan fingerprint density at radius 3 is 2.53 bits per heavy atom. The van der Waals surface area contributed by atoms with Crippen molar-refractivity contribution in [1.82, 2.24) is 0 Å². The van der Waals surface area contributed by atoms with Gasteiger partial charge in [0.15, 0.2) is 0 Å². The molecule has 2 rings (SSSR count). The van der Waals surface area contributed by atoms with Crippen molar-refractivity contribution < 1.29 is 18.7 Å². The fraction of sp³-hybridized carbons (Fsp3) is 0.385. The first-order valence-corrected chi connectivity index (χ1v) is 5.83. The third-order valence-corrected chi connectivity index (χ3v) is 3.20. The van der Waals surface area contributed by atoms with Gasteiger partial charge in [-0.1, -0.05) is 0 Å². The Labute approximate surface area is 108 Å². The number of rotatable bonds is 2. The maximum atomic E-state index is 13.1. The van der Waals surface area contributed by atoms with Crippen molar-refractivity contribution in [3.8, 4) is 6.07 Å². The topological polar surface area (TPSA) is 64.3 Å². The molecule has 0 aromatic heterocycles. The second-order valence-electron chi connectivity index (χ2n) is 4.49. The molecule has 0 aliphatic carbocycles. The Kier molecular flexibility index (Phi) is 3.38. The van der Waals surface area contributed by atoms with Crippen LogP contribution in [0.25, 0.3) is 0 Å². The SMILES string of the molecule is N#Cc1cc(C(=O)O)ccc1N1CCC(F)(F)CC1. The molecule has 1 N–H and O–H groups in total. The van der Waals surface area contributed by atoms with Gasteiger partial charge in [-0.25, -0.2) is 13.6 Å². The van der Waals surface area contributed by atoms with Crippen LogP contribution in [0.1, 0.15) is 28.8 Å². The van der Waals surface area contributed by atoms with Crippen molar-refractivity contribution >= 4 is 11.7 Å². The molecule has 1 aromatic carbocycles. The maximum absolute atomic E-state index is 13.1. The fourth-order valence-corrected chi connectivity index (χ4v) is 2.11. The highest BCUT2D eigenvalue weighted by Crippen LogP contribution is 2.32. The van der Waals surface area contributed by atoms with Gasteiger partial charge in [0.25, 0.3) is 5.92 Å². The Morgan fingerprint density at radius 2 is 2.00 bits per heavy atom. The lowest BCUT2D eigenvalue weighted by molar-refractivity contribution is -0.0220. The average Bonchev–Trinajstić information content (AvgIpc) is 2.38. The van der Waals surface area contributed by atoms with E-state index in [9.17, 15) is 13.6 Å². The van der Waals surface area contributed by atoms with Crippen molar-refractivity contribution in [2.75, 3.05) is 18.0 Å². The molecule has 0 radical (unpaired) electrons. The molecule has 1 heterocycles. The van der Waals surface area contributed by atoms with Crippen LogP contribution in [0, 0.1) is 11.3 Å². The first-order chi connectivity index (χ1) is 8.93. The molecular weight excluding hydrogens is 254 g/mol. The number of hydrogen-bond acceptors (Lipinski definition) is 3. The summed E-state index contributed by atoms with van der Waals surface area (Å²) >= 11 is 0. The number of aromatic carboxylic acids is 1. The molecule has 0 bridgehead atoms. The smallest absolute Gasteiger partial charge is 0.335 e. The summed E-state index contributed by atoms with van der Waals surface area (Å²) < 4.78 is 26.2. The van der Waals surface area contributed by atoms with Gasteiger partial charge in [-0.05, 0) is 18.2 Å². The number of nitriles is 1. The van der Waals surface area contributed by atoms with Crippen LogP contribution in [0.2, 0.25) is 0 Å². The van der Waals surface area contributed by atoms with Crippen molar-refractivity contribution in [3.63, 3.8) is 0 Å². The highest BCUT2D eigenvalue weighted by Gasteiger charge is 2.34. The number of nitrogens with zero attached hydrogens (tertiary/aromatic N) is 2. The van der Waals surface area contributed by atoms with Gasteiger partial charge in [-0.2, -0.15) is 5.26 Å². The number of carboxylic acid groups (broad SMARTS) is 1. The van der Waals surface area contributed by atoms with Crippen LogP contribution in [0.3, 0.4) is 0 Å². The van der Waals surface area contributed by atoms with Crippen LogP contribution in [0.4, 0.5) is 14.5 Å². The third-order valence-electron chi connectivity index (χ3n) is 3.20. The number of carbonyl (C=O) groups is 1. The molecule has 1 aliphatic rings. The van der Waals surface area contributed by atoms with E-state index in [1.54, 1.807) is 4.90 Å². The Morgan fingerprint density at radius 1 is 1.37 bits per heavy atom. The minimum absolute atomic E-state index is 0.0163. The third kappa shape index (κ3) is 2.81. The molecule has 6 heteroatoms.